The van der Waals surface area contributed by atoms with E-state index in [0.29, 0.717) is 4.47 Å². The molecule has 1 amide bonds. The summed E-state index contributed by atoms with van der Waals surface area (Å²) in [5.41, 5.74) is -0.0533. The minimum absolute atomic E-state index is 0.0448. The molecular formula is C10H8BrN5O3. The summed E-state index contributed by atoms with van der Waals surface area (Å²) in [7, 11) is 1.47. The summed E-state index contributed by atoms with van der Waals surface area (Å²) in [5.74, 6) is -0.332. The molecule has 2 aromatic heterocycles. The molecule has 0 fully saturated rings. The highest BCUT2D eigenvalue weighted by Crippen LogP contribution is 2.23. The van der Waals surface area contributed by atoms with Gasteiger partial charge >= 0.3 is 5.69 Å². The summed E-state index contributed by atoms with van der Waals surface area (Å²) < 4.78 is 1.68. The van der Waals surface area contributed by atoms with Crippen molar-refractivity contribution in [1.82, 2.24) is 20.1 Å². The highest BCUT2D eigenvalue weighted by Gasteiger charge is 2.19. The number of nitrogens with zero attached hydrogens (tertiary/aromatic N) is 4. The van der Waals surface area contributed by atoms with Crippen LogP contribution in [0.1, 0.15) is 10.5 Å². The standard InChI is InChI=1S/C10H8BrN5O3/c1-12-10(17)7-2-3-15(14-7)9-8(16(18)19)4-6(11)5-13-9/h2-5H,1H3,(H,12,17). The number of halogens is 1. The van der Waals surface area contributed by atoms with Gasteiger partial charge in [0, 0.05) is 30.0 Å². The first-order chi connectivity index (χ1) is 9.02. The van der Waals surface area contributed by atoms with Gasteiger partial charge in [-0.05, 0) is 22.0 Å². The Balaban J connectivity index is 2.50. The number of pyridine rings is 1. The van der Waals surface area contributed by atoms with Crippen molar-refractivity contribution < 1.29 is 9.72 Å². The van der Waals surface area contributed by atoms with Crippen LogP contribution in [0.15, 0.2) is 29.0 Å². The van der Waals surface area contributed by atoms with Crippen LogP contribution in [0.3, 0.4) is 0 Å². The SMILES string of the molecule is CNC(=O)c1ccn(-c2ncc(Br)cc2[N+](=O)[O-])n1. The first-order valence-electron chi connectivity index (χ1n) is 5.11. The Labute approximate surface area is 115 Å². The van der Waals surface area contributed by atoms with Crippen LogP contribution in [0.25, 0.3) is 5.82 Å². The van der Waals surface area contributed by atoms with E-state index in [1.54, 1.807) is 0 Å². The molecule has 0 saturated heterocycles. The fourth-order valence-corrected chi connectivity index (χ4v) is 1.74. The molecule has 0 aliphatic rings. The molecule has 98 valence electrons. The zero-order valence-electron chi connectivity index (χ0n) is 9.70. The monoisotopic (exact) mass is 325 g/mol. The second kappa shape index (κ2) is 5.14. The molecular weight excluding hydrogens is 318 g/mol. The van der Waals surface area contributed by atoms with Gasteiger partial charge in [-0.2, -0.15) is 5.10 Å². The maximum Gasteiger partial charge on any atom is 0.314 e. The average Bonchev–Trinajstić information content (AvgIpc) is 2.87. The molecule has 0 unspecified atom stereocenters. The predicted molar refractivity (Wildman–Crippen MR) is 69.1 cm³/mol. The Kier molecular flexibility index (Phi) is 3.56. The summed E-state index contributed by atoms with van der Waals surface area (Å²) >= 11 is 3.12. The number of carbonyl (C=O) groups is 1. The van der Waals surface area contributed by atoms with E-state index in [-0.39, 0.29) is 23.1 Å². The van der Waals surface area contributed by atoms with Crippen LogP contribution in [0.5, 0.6) is 0 Å². The third-order valence-electron chi connectivity index (χ3n) is 2.28. The number of hydrogen-bond acceptors (Lipinski definition) is 5. The van der Waals surface area contributed by atoms with Gasteiger partial charge in [-0.15, -0.1) is 0 Å². The average molecular weight is 326 g/mol. The van der Waals surface area contributed by atoms with Crippen LogP contribution in [0, 0.1) is 10.1 Å². The molecule has 0 atom stereocenters. The summed E-state index contributed by atoms with van der Waals surface area (Å²) in [6.07, 6.45) is 2.86. The van der Waals surface area contributed by atoms with Gasteiger partial charge in [0.15, 0.2) is 5.69 Å². The van der Waals surface area contributed by atoms with E-state index in [1.807, 2.05) is 0 Å². The highest BCUT2D eigenvalue weighted by molar-refractivity contribution is 9.10. The third-order valence-corrected chi connectivity index (χ3v) is 2.71. The smallest absolute Gasteiger partial charge is 0.314 e. The van der Waals surface area contributed by atoms with Crippen molar-refractivity contribution in [1.29, 1.82) is 0 Å². The van der Waals surface area contributed by atoms with Gasteiger partial charge in [-0.1, -0.05) is 0 Å². The lowest BCUT2D eigenvalue weighted by atomic mass is 10.4. The van der Waals surface area contributed by atoms with E-state index >= 15 is 0 Å². The molecule has 0 aliphatic heterocycles. The zero-order chi connectivity index (χ0) is 14.0. The van der Waals surface area contributed by atoms with Crippen LogP contribution in [-0.2, 0) is 0 Å². The molecule has 0 spiro atoms. The lowest BCUT2D eigenvalue weighted by molar-refractivity contribution is -0.385. The molecule has 0 radical (unpaired) electrons. The second-order valence-corrected chi connectivity index (χ2v) is 4.39. The zero-order valence-corrected chi connectivity index (χ0v) is 11.3. The summed E-state index contributed by atoms with van der Waals surface area (Å²) in [6, 6.07) is 2.77. The van der Waals surface area contributed by atoms with Crippen molar-refractivity contribution in [2.24, 2.45) is 0 Å². The van der Waals surface area contributed by atoms with E-state index in [9.17, 15) is 14.9 Å². The Morgan fingerprint density at radius 1 is 1.58 bits per heavy atom. The van der Waals surface area contributed by atoms with Crippen LogP contribution in [0.2, 0.25) is 0 Å². The number of hydrogen-bond donors (Lipinski definition) is 1. The number of aromatic nitrogens is 3. The van der Waals surface area contributed by atoms with Crippen molar-refractivity contribution in [2.75, 3.05) is 7.05 Å². The molecule has 0 aromatic carbocycles. The maximum atomic E-state index is 11.4. The summed E-state index contributed by atoms with van der Waals surface area (Å²) in [6.45, 7) is 0. The lowest BCUT2D eigenvalue weighted by Crippen LogP contribution is -2.18. The number of nitro groups is 1. The van der Waals surface area contributed by atoms with Crippen molar-refractivity contribution in [3.05, 3.63) is 44.8 Å². The van der Waals surface area contributed by atoms with Crippen LogP contribution in [-0.4, -0.2) is 32.6 Å². The number of amides is 1. The van der Waals surface area contributed by atoms with Gasteiger partial charge in [0.2, 0.25) is 5.82 Å². The minimum Gasteiger partial charge on any atom is -0.354 e. The van der Waals surface area contributed by atoms with E-state index in [4.69, 9.17) is 0 Å². The fraction of sp³-hybridized carbons (Fsp3) is 0.100. The molecule has 0 aliphatic carbocycles. The molecule has 2 rings (SSSR count). The van der Waals surface area contributed by atoms with Gasteiger partial charge in [0.1, 0.15) is 0 Å². The molecule has 8 nitrogen and oxygen atoms in total. The third kappa shape index (κ3) is 2.60. The van der Waals surface area contributed by atoms with Gasteiger partial charge < -0.3 is 5.32 Å². The van der Waals surface area contributed by atoms with E-state index in [2.05, 4.69) is 31.3 Å². The maximum absolute atomic E-state index is 11.4. The van der Waals surface area contributed by atoms with Crippen molar-refractivity contribution in [3.8, 4) is 5.82 Å². The topological polar surface area (TPSA) is 103 Å². The molecule has 1 N–H and O–H groups in total. The molecule has 0 saturated carbocycles. The Bertz CT molecular complexity index is 654. The normalized spacial score (nSPS) is 10.2. The van der Waals surface area contributed by atoms with Crippen molar-refractivity contribution >= 4 is 27.5 Å². The lowest BCUT2D eigenvalue weighted by Gasteiger charge is -2.02. The number of carbonyl (C=O) groups excluding carboxylic acids is 1. The highest BCUT2D eigenvalue weighted by atomic mass is 79.9. The summed E-state index contributed by atoms with van der Waals surface area (Å²) in [4.78, 5) is 25.7. The van der Waals surface area contributed by atoms with Gasteiger partial charge in [-0.25, -0.2) is 9.67 Å². The van der Waals surface area contributed by atoms with E-state index in [0.717, 1.165) is 0 Å². The molecule has 2 aromatic rings. The number of rotatable bonds is 3. The van der Waals surface area contributed by atoms with E-state index < -0.39 is 4.92 Å². The van der Waals surface area contributed by atoms with Gasteiger partial charge in [0.05, 0.1) is 4.92 Å². The minimum atomic E-state index is -0.561. The van der Waals surface area contributed by atoms with Crippen molar-refractivity contribution in [2.45, 2.75) is 0 Å². The quantitative estimate of drug-likeness (QED) is 0.676. The first kappa shape index (κ1) is 13.1. The second-order valence-electron chi connectivity index (χ2n) is 3.48. The predicted octanol–water partition coefficient (Wildman–Crippen LogP) is 1.30. The molecule has 2 heterocycles. The number of nitrogens with one attached hydrogen (secondary N) is 1. The Morgan fingerprint density at radius 2 is 2.32 bits per heavy atom. The molecule has 9 heteroatoms. The molecule has 19 heavy (non-hydrogen) atoms. The van der Waals surface area contributed by atoms with Gasteiger partial charge in [-0.3, -0.25) is 14.9 Å². The summed E-state index contributed by atoms with van der Waals surface area (Å²) in [5, 5.41) is 17.3. The fourth-order valence-electron chi connectivity index (χ4n) is 1.42. The Hall–Kier alpha value is -2.29. The van der Waals surface area contributed by atoms with E-state index in [1.165, 1.54) is 36.3 Å². The first-order valence-corrected chi connectivity index (χ1v) is 5.90. The van der Waals surface area contributed by atoms with Crippen molar-refractivity contribution in [3.63, 3.8) is 0 Å². The molecule has 0 bridgehead atoms. The van der Waals surface area contributed by atoms with Crippen LogP contribution in [0.4, 0.5) is 5.69 Å². The van der Waals surface area contributed by atoms with Crippen LogP contribution >= 0.6 is 15.9 Å². The van der Waals surface area contributed by atoms with Crippen LogP contribution < -0.4 is 5.32 Å². The van der Waals surface area contributed by atoms with Gasteiger partial charge in [0.25, 0.3) is 5.91 Å². The Morgan fingerprint density at radius 3 is 2.95 bits per heavy atom. The largest absolute Gasteiger partial charge is 0.354 e.